The number of rotatable bonds is 2. The number of nitrogens with one attached hydrogen (secondary N) is 1. The average molecular weight is 337 g/mol. The summed E-state index contributed by atoms with van der Waals surface area (Å²) in [5.41, 5.74) is 2.31. The zero-order chi connectivity index (χ0) is 16.6. The van der Waals surface area contributed by atoms with Gasteiger partial charge in [0.2, 0.25) is 6.79 Å². The number of pyridine rings is 1. The number of anilines is 1. The lowest BCUT2D eigenvalue weighted by atomic mass is 9.85. The van der Waals surface area contributed by atoms with E-state index in [1.165, 1.54) is 31.4 Å². The molecular formula is C20H23N3O2. The topological polar surface area (TPSA) is 46.6 Å². The van der Waals surface area contributed by atoms with E-state index in [4.69, 9.17) is 9.47 Å². The third-order valence-electron chi connectivity index (χ3n) is 5.67. The van der Waals surface area contributed by atoms with Crippen LogP contribution >= 0.6 is 0 Å². The van der Waals surface area contributed by atoms with Gasteiger partial charge in [-0.25, -0.2) is 4.98 Å². The minimum Gasteiger partial charge on any atom is -0.454 e. The van der Waals surface area contributed by atoms with Gasteiger partial charge in [0.05, 0.1) is 0 Å². The van der Waals surface area contributed by atoms with Crippen molar-refractivity contribution in [3.63, 3.8) is 0 Å². The molecule has 3 aliphatic rings. The maximum Gasteiger partial charge on any atom is 0.231 e. The van der Waals surface area contributed by atoms with Crippen LogP contribution in [0.1, 0.15) is 19.3 Å². The third-order valence-corrected chi connectivity index (χ3v) is 5.67. The Balaban J connectivity index is 1.39. The lowest BCUT2D eigenvalue weighted by molar-refractivity contribution is 0.174. The summed E-state index contributed by atoms with van der Waals surface area (Å²) in [6.45, 7) is 3.67. The first kappa shape index (κ1) is 15.0. The Morgan fingerprint density at radius 3 is 2.96 bits per heavy atom. The fourth-order valence-electron chi connectivity index (χ4n) is 4.30. The Labute approximate surface area is 148 Å². The van der Waals surface area contributed by atoms with Gasteiger partial charge in [-0.3, -0.25) is 0 Å². The predicted molar refractivity (Wildman–Crippen MR) is 97.1 cm³/mol. The number of fused-ring (bicyclic) bond motifs is 2. The van der Waals surface area contributed by atoms with Gasteiger partial charge >= 0.3 is 0 Å². The van der Waals surface area contributed by atoms with E-state index >= 15 is 0 Å². The van der Waals surface area contributed by atoms with Crippen LogP contribution < -0.4 is 19.7 Å². The molecule has 0 saturated carbocycles. The Morgan fingerprint density at radius 2 is 1.96 bits per heavy atom. The van der Waals surface area contributed by atoms with Crippen molar-refractivity contribution in [2.24, 2.45) is 5.92 Å². The molecule has 4 heterocycles. The Hall–Kier alpha value is -2.27. The van der Waals surface area contributed by atoms with Crippen LogP contribution in [-0.4, -0.2) is 37.5 Å². The second-order valence-electron chi connectivity index (χ2n) is 7.17. The molecule has 130 valence electrons. The van der Waals surface area contributed by atoms with Crippen LogP contribution in [0.25, 0.3) is 11.1 Å². The van der Waals surface area contributed by atoms with E-state index in [9.17, 15) is 0 Å². The van der Waals surface area contributed by atoms with Crippen molar-refractivity contribution in [1.82, 2.24) is 10.3 Å². The van der Waals surface area contributed by atoms with Gasteiger partial charge in [-0.1, -0.05) is 6.07 Å². The van der Waals surface area contributed by atoms with Crippen LogP contribution in [0.3, 0.4) is 0 Å². The number of hydrogen-bond acceptors (Lipinski definition) is 5. The molecule has 3 aliphatic heterocycles. The fraction of sp³-hybridized carbons (Fsp3) is 0.450. The molecule has 0 unspecified atom stereocenters. The number of nitrogens with zero attached hydrogens (tertiary/aromatic N) is 2. The van der Waals surface area contributed by atoms with Crippen molar-refractivity contribution in [3.8, 4) is 22.6 Å². The summed E-state index contributed by atoms with van der Waals surface area (Å²) in [7, 11) is 0. The minimum absolute atomic E-state index is 0.310. The first-order chi connectivity index (χ1) is 12.4. The molecule has 2 fully saturated rings. The molecule has 2 atom stereocenters. The molecule has 2 aromatic rings. The normalized spacial score (nSPS) is 24.9. The second kappa shape index (κ2) is 6.23. The van der Waals surface area contributed by atoms with Crippen molar-refractivity contribution in [1.29, 1.82) is 0 Å². The number of aromatic nitrogens is 1. The summed E-state index contributed by atoms with van der Waals surface area (Å²) < 4.78 is 10.9. The highest BCUT2D eigenvalue weighted by Crippen LogP contribution is 2.36. The van der Waals surface area contributed by atoms with Crippen molar-refractivity contribution in [3.05, 3.63) is 36.5 Å². The quantitative estimate of drug-likeness (QED) is 0.913. The van der Waals surface area contributed by atoms with Crippen LogP contribution in [-0.2, 0) is 0 Å². The summed E-state index contributed by atoms with van der Waals surface area (Å²) >= 11 is 0. The Kier molecular flexibility index (Phi) is 3.74. The molecule has 2 saturated heterocycles. The maximum absolute atomic E-state index is 5.51. The number of ether oxygens (including phenoxy) is 2. The minimum atomic E-state index is 0.310. The average Bonchev–Trinajstić information content (AvgIpc) is 3.15. The van der Waals surface area contributed by atoms with Crippen molar-refractivity contribution in [2.75, 3.05) is 31.3 Å². The first-order valence-corrected chi connectivity index (χ1v) is 9.21. The maximum atomic E-state index is 5.51. The van der Waals surface area contributed by atoms with Gasteiger partial charge in [0, 0.05) is 25.3 Å². The lowest BCUT2D eigenvalue weighted by Crippen LogP contribution is -2.52. The third kappa shape index (κ3) is 2.82. The highest BCUT2D eigenvalue weighted by Gasteiger charge is 2.31. The first-order valence-electron chi connectivity index (χ1n) is 9.21. The molecule has 5 heteroatoms. The molecular weight excluding hydrogens is 314 g/mol. The van der Waals surface area contributed by atoms with E-state index < -0.39 is 0 Å². The van der Waals surface area contributed by atoms with Gasteiger partial charge < -0.3 is 19.7 Å². The van der Waals surface area contributed by atoms with Crippen molar-refractivity contribution >= 4 is 5.82 Å². The van der Waals surface area contributed by atoms with Crippen LogP contribution in [0.4, 0.5) is 5.82 Å². The van der Waals surface area contributed by atoms with Crippen LogP contribution in [0.2, 0.25) is 0 Å². The van der Waals surface area contributed by atoms with Gasteiger partial charge in [-0.15, -0.1) is 0 Å². The zero-order valence-corrected chi connectivity index (χ0v) is 14.3. The van der Waals surface area contributed by atoms with Crippen LogP contribution in [0.5, 0.6) is 11.5 Å². The summed E-state index contributed by atoms with van der Waals surface area (Å²) in [5, 5.41) is 3.68. The molecule has 1 aromatic carbocycles. The van der Waals surface area contributed by atoms with E-state index in [0.29, 0.717) is 12.8 Å². The van der Waals surface area contributed by atoms with Gasteiger partial charge in [-0.2, -0.15) is 0 Å². The molecule has 1 N–H and O–H groups in total. The highest BCUT2D eigenvalue weighted by molar-refractivity contribution is 5.69. The van der Waals surface area contributed by atoms with E-state index in [1.807, 2.05) is 12.3 Å². The van der Waals surface area contributed by atoms with E-state index in [1.54, 1.807) is 0 Å². The molecule has 1 aromatic heterocycles. The summed E-state index contributed by atoms with van der Waals surface area (Å²) in [5.74, 6) is 3.48. The smallest absolute Gasteiger partial charge is 0.231 e. The summed E-state index contributed by atoms with van der Waals surface area (Å²) in [6, 6.07) is 11.1. The van der Waals surface area contributed by atoms with Gasteiger partial charge in [0.15, 0.2) is 11.5 Å². The molecule has 0 bridgehead atoms. The van der Waals surface area contributed by atoms with Gasteiger partial charge in [0.25, 0.3) is 0 Å². The molecule has 0 spiro atoms. The molecule has 5 rings (SSSR count). The van der Waals surface area contributed by atoms with E-state index in [0.717, 1.165) is 41.9 Å². The number of benzene rings is 1. The van der Waals surface area contributed by atoms with Crippen molar-refractivity contribution in [2.45, 2.75) is 25.3 Å². The molecule has 0 radical (unpaired) electrons. The largest absolute Gasteiger partial charge is 0.454 e. The lowest BCUT2D eigenvalue weighted by Gasteiger charge is -2.42. The molecule has 5 nitrogen and oxygen atoms in total. The predicted octanol–water partition coefficient (Wildman–Crippen LogP) is 3.06. The molecule has 25 heavy (non-hydrogen) atoms. The number of hydrogen-bond donors (Lipinski definition) is 1. The standard InChI is InChI=1S/C20H23N3O2/c1-2-16-12-23(9-6-17(16)21-7-1)20-11-15(5-8-22-20)14-3-4-18-19(10-14)25-13-24-18/h3-5,8,10-11,16-17,21H,1-2,6-7,9,12-13H2/t16-,17+/m1/s1. The van der Waals surface area contributed by atoms with E-state index in [2.05, 4.69) is 39.5 Å². The van der Waals surface area contributed by atoms with Crippen LogP contribution in [0, 0.1) is 5.92 Å². The van der Waals surface area contributed by atoms with Crippen LogP contribution in [0.15, 0.2) is 36.5 Å². The Bertz CT molecular complexity index is 779. The SMILES string of the molecule is c1cc(-c2ccc3c(c2)OCO3)cc(N2CC[C@@H]3NCCC[C@@H]3C2)n1. The highest BCUT2D eigenvalue weighted by atomic mass is 16.7. The van der Waals surface area contributed by atoms with Crippen molar-refractivity contribution < 1.29 is 9.47 Å². The molecule has 0 aliphatic carbocycles. The zero-order valence-electron chi connectivity index (χ0n) is 14.3. The van der Waals surface area contributed by atoms with Gasteiger partial charge in [0.1, 0.15) is 5.82 Å². The summed E-state index contributed by atoms with van der Waals surface area (Å²) in [4.78, 5) is 7.10. The second-order valence-corrected chi connectivity index (χ2v) is 7.17. The fourth-order valence-corrected chi connectivity index (χ4v) is 4.30. The number of piperidine rings is 2. The molecule has 0 amide bonds. The van der Waals surface area contributed by atoms with E-state index in [-0.39, 0.29) is 0 Å². The summed E-state index contributed by atoms with van der Waals surface area (Å²) in [6.07, 6.45) is 5.75. The van der Waals surface area contributed by atoms with Gasteiger partial charge in [-0.05, 0) is 67.1 Å². The monoisotopic (exact) mass is 337 g/mol. The Morgan fingerprint density at radius 1 is 1.04 bits per heavy atom.